The van der Waals surface area contributed by atoms with Crippen LogP contribution in [0.3, 0.4) is 0 Å². The van der Waals surface area contributed by atoms with Gasteiger partial charge in [0, 0.05) is 28.4 Å². The Morgan fingerprint density at radius 1 is 1.08 bits per heavy atom. The van der Waals surface area contributed by atoms with E-state index in [1.165, 1.54) is 11.3 Å². The molecule has 0 radical (unpaired) electrons. The van der Waals surface area contributed by atoms with Crippen LogP contribution in [0.5, 0.6) is 5.75 Å². The van der Waals surface area contributed by atoms with Crippen molar-refractivity contribution < 1.29 is 9.53 Å². The number of pyridine rings is 3. The molecule has 0 atom stereocenters. The predicted octanol–water partition coefficient (Wildman–Crippen LogP) is 5.02. The second kappa shape index (κ2) is 9.68. The molecule has 11 heteroatoms. The summed E-state index contributed by atoms with van der Waals surface area (Å²) in [6.07, 6.45) is 7.40. The number of carbonyl (C=O) groups excluding carboxylic acids is 1. The number of aromatic nitrogens is 7. The van der Waals surface area contributed by atoms with Crippen LogP contribution in [0, 0.1) is 0 Å². The third-order valence-corrected chi connectivity index (χ3v) is 8.06. The fourth-order valence-corrected chi connectivity index (χ4v) is 5.79. The number of carbonyl (C=O) groups is 1. The Kier molecular flexibility index (Phi) is 5.86. The number of ketones is 1. The smallest absolute Gasteiger partial charge is 0.178 e. The summed E-state index contributed by atoms with van der Waals surface area (Å²) in [5.74, 6) is 1.35. The molecule has 7 rings (SSSR count). The average Bonchev–Trinajstić information content (AvgIpc) is 3.71. The molecule has 1 fully saturated rings. The van der Waals surface area contributed by atoms with Crippen LogP contribution < -0.4 is 10.1 Å². The van der Waals surface area contributed by atoms with E-state index in [-0.39, 0.29) is 11.9 Å². The van der Waals surface area contributed by atoms with Gasteiger partial charge in [-0.1, -0.05) is 0 Å². The maximum Gasteiger partial charge on any atom is 0.178 e. The number of ether oxygens (including phenoxy) is 1. The Hall–Kier alpha value is -4.48. The van der Waals surface area contributed by atoms with Crippen LogP contribution in [0.15, 0.2) is 55.0 Å². The van der Waals surface area contributed by atoms with Crippen molar-refractivity contribution in [2.24, 2.45) is 0 Å². The van der Waals surface area contributed by atoms with Crippen molar-refractivity contribution in [3.63, 3.8) is 0 Å². The Balaban J connectivity index is 1.25. The molecule has 0 amide bonds. The minimum absolute atomic E-state index is 0.0466. The van der Waals surface area contributed by atoms with Gasteiger partial charge in [0.05, 0.1) is 27.8 Å². The number of nitrogens with zero attached hydrogens (tertiary/aromatic N) is 5. The number of aromatic amines is 2. The number of thiophene rings is 1. The number of rotatable bonds is 6. The zero-order valence-corrected chi connectivity index (χ0v) is 21.9. The lowest BCUT2D eigenvalue weighted by molar-refractivity contribution is 0.102. The number of piperidine rings is 1. The number of nitrogens with one attached hydrogen (secondary N) is 3. The lowest BCUT2D eigenvalue weighted by Crippen LogP contribution is -2.34. The molecule has 0 aliphatic carbocycles. The fourth-order valence-electron chi connectivity index (χ4n) is 4.85. The number of Topliss-reactive ketones (excluding diaryl/α,β-unsaturated/α-hetero) is 1. The first-order valence-corrected chi connectivity index (χ1v) is 13.6. The van der Waals surface area contributed by atoms with E-state index >= 15 is 0 Å². The highest BCUT2D eigenvalue weighted by atomic mass is 32.1. The molecule has 1 aliphatic heterocycles. The summed E-state index contributed by atoms with van der Waals surface area (Å²) in [5.41, 5.74) is 5.99. The van der Waals surface area contributed by atoms with E-state index < -0.39 is 0 Å². The molecule has 6 aromatic rings. The Morgan fingerprint density at radius 3 is 2.82 bits per heavy atom. The standard InChI is InChI=1S/C28H24N8O2S/c1-15(37)22-4-5-23(39-22)19-8-11-31-27-24(19)33-28(34-27)26-25-21(35-36-26)3-2-20(32-25)16-12-18(14-30-13-16)38-17-6-9-29-10-7-17/h2-5,8,11-14,17,29H,6-7,9-10H2,1H3,(H,35,36)(H,31,33,34). The summed E-state index contributed by atoms with van der Waals surface area (Å²) in [5, 5.41) is 10.9. The highest BCUT2D eigenvalue weighted by Crippen LogP contribution is 2.34. The topological polar surface area (TPSA) is 134 Å². The molecule has 3 N–H and O–H groups in total. The van der Waals surface area contributed by atoms with Crippen LogP contribution in [0.25, 0.3) is 55.4 Å². The zero-order chi connectivity index (χ0) is 26.3. The summed E-state index contributed by atoms with van der Waals surface area (Å²) < 4.78 is 6.19. The fraction of sp³-hybridized carbons (Fsp3) is 0.214. The first-order chi connectivity index (χ1) is 19.1. The van der Waals surface area contributed by atoms with Gasteiger partial charge in [0.1, 0.15) is 17.4 Å². The Morgan fingerprint density at radius 2 is 1.97 bits per heavy atom. The van der Waals surface area contributed by atoms with Crippen molar-refractivity contribution in [1.82, 2.24) is 40.4 Å². The number of hydrogen-bond acceptors (Lipinski definition) is 9. The maximum absolute atomic E-state index is 11.8. The van der Waals surface area contributed by atoms with Gasteiger partial charge in [0.15, 0.2) is 22.9 Å². The van der Waals surface area contributed by atoms with E-state index in [4.69, 9.17) is 14.7 Å². The van der Waals surface area contributed by atoms with Crippen LogP contribution in [-0.2, 0) is 0 Å². The summed E-state index contributed by atoms with van der Waals surface area (Å²) >= 11 is 1.45. The lowest BCUT2D eigenvalue weighted by Gasteiger charge is -2.23. The van der Waals surface area contributed by atoms with Gasteiger partial charge >= 0.3 is 0 Å². The lowest BCUT2D eigenvalue weighted by atomic mass is 10.1. The molecule has 0 spiro atoms. The van der Waals surface area contributed by atoms with Crippen molar-refractivity contribution in [1.29, 1.82) is 0 Å². The van der Waals surface area contributed by atoms with E-state index in [9.17, 15) is 4.79 Å². The van der Waals surface area contributed by atoms with E-state index in [1.54, 1.807) is 25.5 Å². The zero-order valence-electron chi connectivity index (χ0n) is 21.1. The molecule has 7 heterocycles. The minimum atomic E-state index is 0.0466. The Bertz CT molecular complexity index is 1830. The normalized spacial score (nSPS) is 14.3. The minimum Gasteiger partial charge on any atom is -0.489 e. The Labute approximate surface area is 226 Å². The average molecular weight is 537 g/mol. The number of H-pyrrole nitrogens is 2. The van der Waals surface area contributed by atoms with Gasteiger partial charge in [-0.15, -0.1) is 11.3 Å². The molecule has 0 unspecified atom stereocenters. The van der Waals surface area contributed by atoms with Crippen LogP contribution in [0.4, 0.5) is 0 Å². The largest absolute Gasteiger partial charge is 0.489 e. The van der Waals surface area contributed by atoms with Crippen molar-refractivity contribution in [3.05, 3.63) is 59.9 Å². The highest BCUT2D eigenvalue weighted by molar-refractivity contribution is 7.17. The SMILES string of the molecule is CC(=O)c1ccc(-c2ccnc3nc(-c4n[nH]c5ccc(-c6cncc(OC7CCNCC7)c6)nc45)[nH]c23)s1. The molecule has 0 aromatic carbocycles. The van der Waals surface area contributed by atoms with Gasteiger partial charge in [-0.25, -0.2) is 15.0 Å². The maximum atomic E-state index is 11.8. The van der Waals surface area contributed by atoms with Crippen LogP contribution in [0.2, 0.25) is 0 Å². The number of hydrogen-bond donors (Lipinski definition) is 3. The molecular formula is C28H24N8O2S. The number of imidazole rings is 1. The van der Waals surface area contributed by atoms with Gasteiger partial charge in [-0.05, 0) is 69.3 Å². The second-order valence-electron chi connectivity index (χ2n) is 9.50. The van der Waals surface area contributed by atoms with E-state index in [0.29, 0.717) is 27.6 Å². The molecule has 10 nitrogen and oxygen atoms in total. The summed E-state index contributed by atoms with van der Waals surface area (Å²) in [7, 11) is 0. The van der Waals surface area contributed by atoms with Crippen molar-refractivity contribution in [3.8, 4) is 39.0 Å². The molecule has 0 bridgehead atoms. The molecule has 6 aromatic heterocycles. The van der Waals surface area contributed by atoms with E-state index in [0.717, 1.165) is 64.4 Å². The quantitative estimate of drug-likeness (QED) is 0.253. The number of fused-ring (bicyclic) bond motifs is 2. The molecule has 194 valence electrons. The summed E-state index contributed by atoms with van der Waals surface area (Å²) in [6.45, 7) is 3.50. The molecule has 1 aliphatic rings. The predicted molar refractivity (Wildman–Crippen MR) is 150 cm³/mol. The molecule has 0 saturated carbocycles. The van der Waals surface area contributed by atoms with E-state index in [1.807, 2.05) is 36.4 Å². The molecular weight excluding hydrogens is 512 g/mol. The first kappa shape index (κ1) is 23.6. The molecule has 1 saturated heterocycles. The van der Waals surface area contributed by atoms with Crippen molar-refractivity contribution in [2.45, 2.75) is 25.9 Å². The summed E-state index contributed by atoms with van der Waals surface area (Å²) in [6, 6.07) is 11.6. The first-order valence-electron chi connectivity index (χ1n) is 12.8. The van der Waals surface area contributed by atoms with Gasteiger partial charge < -0.3 is 15.0 Å². The van der Waals surface area contributed by atoms with Crippen molar-refractivity contribution >= 4 is 39.3 Å². The van der Waals surface area contributed by atoms with Gasteiger partial charge in [-0.3, -0.25) is 14.9 Å². The second-order valence-corrected chi connectivity index (χ2v) is 10.6. The monoisotopic (exact) mass is 536 g/mol. The summed E-state index contributed by atoms with van der Waals surface area (Å²) in [4.78, 5) is 35.4. The van der Waals surface area contributed by atoms with Crippen LogP contribution >= 0.6 is 11.3 Å². The third kappa shape index (κ3) is 4.45. The van der Waals surface area contributed by atoms with Gasteiger partial charge in [-0.2, -0.15) is 5.10 Å². The van der Waals surface area contributed by atoms with Crippen LogP contribution in [-0.4, -0.2) is 60.1 Å². The highest BCUT2D eigenvalue weighted by Gasteiger charge is 2.19. The van der Waals surface area contributed by atoms with Gasteiger partial charge in [0.2, 0.25) is 0 Å². The third-order valence-electron chi connectivity index (χ3n) is 6.84. The van der Waals surface area contributed by atoms with Gasteiger partial charge in [0.25, 0.3) is 0 Å². The van der Waals surface area contributed by atoms with Crippen molar-refractivity contribution in [2.75, 3.05) is 13.1 Å². The van der Waals surface area contributed by atoms with E-state index in [2.05, 4.69) is 30.5 Å². The molecule has 39 heavy (non-hydrogen) atoms. The van der Waals surface area contributed by atoms with Crippen LogP contribution in [0.1, 0.15) is 29.4 Å².